The van der Waals surface area contributed by atoms with E-state index >= 15 is 0 Å². The van der Waals surface area contributed by atoms with Gasteiger partial charge in [0.2, 0.25) is 0 Å². The number of rotatable bonds is 13. The van der Waals surface area contributed by atoms with Crippen molar-refractivity contribution in [1.29, 1.82) is 0 Å². The summed E-state index contributed by atoms with van der Waals surface area (Å²) in [4.78, 5) is 48.1. The molecule has 0 fully saturated rings. The van der Waals surface area contributed by atoms with Gasteiger partial charge in [-0.15, -0.1) is 0 Å². The highest BCUT2D eigenvalue weighted by molar-refractivity contribution is 6.11. The molecule has 4 N–H and O–H groups in total. The summed E-state index contributed by atoms with van der Waals surface area (Å²) in [5.74, 6) is -1.10. The van der Waals surface area contributed by atoms with Crippen LogP contribution in [-0.2, 0) is 9.59 Å². The number of fused-ring (bicyclic) bond motifs is 2. The number of carbonyl (C=O) groups excluding carboxylic acids is 2. The molecule has 4 rings (SSSR count). The number of ether oxygens (including phenoxy) is 4. The van der Waals surface area contributed by atoms with Gasteiger partial charge in [0, 0.05) is 35.4 Å². The predicted molar refractivity (Wildman–Crippen MR) is 171 cm³/mol. The van der Waals surface area contributed by atoms with Crippen LogP contribution in [0.2, 0.25) is 0 Å². The number of hydrogen-bond acceptors (Lipinski definition) is 8. The molecule has 46 heavy (non-hydrogen) atoms. The van der Waals surface area contributed by atoms with Crippen molar-refractivity contribution in [2.75, 3.05) is 27.3 Å². The smallest absolute Gasteiger partial charge is 0.412 e. The summed E-state index contributed by atoms with van der Waals surface area (Å²) in [5.41, 5.74) is 0.636. The molecule has 4 aromatic carbocycles. The fourth-order valence-electron chi connectivity index (χ4n) is 4.61. The molecule has 0 spiro atoms. The summed E-state index contributed by atoms with van der Waals surface area (Å²) in [6.45, 7) is 6.85. The lowest BCUT2D eigenvalue weighted by Crippen LogP contribution is -2.29. The molecule has 0 radical (unpaired) electrons. The highest BCUT2D eigenvalue weighted by atomic mass is 16.6. The first kappa shape index (κ1) is 32.9. The Kier molecular flexibility index (Phi) is 10.4. The van der Waals surface area contributed by atoms with Crippen molar-refractivity contribution < 1.29 is 48.3 Å². The summed E-state index contributed by atoms with van der Waals surface area (Å²) < 4.78 is 22.5. The fraction of sp³-hybridized carbons (Fsp3) is 0.176. The van der Waals surface area contributed by atoms with Gasteiger partial charge in [-0.25, -0.2) is 19.2 Å². The molecule has 2 amide bonds. The van der Waals surface area contributed by atoms with E-state index in [0.29, 0.717) is 33.4 Å². The molecular formula is C34H32N2O10. The SMILES string of the molecule is C=C(CCNC(=O)Oc1ccc2ccc(OC)cc2c1-c1c(OC(=O)NCCC(=C)C(=O)O)ccc2ccc(OC)cc12)C(=O)O. The minimum absolute atomic E-state index is 0.00222. The Bertz CT molecular complexity index is 1730. The minimum atomic E-state index is -1.17. The second-order valence-corrected chi connectivity index (χ2v) is 10.0. The Morgan fingerprint density at radius 3 is 1.35 bits per heavy atom. The van der Waals surface area contributed by atoms with Gasteiger partial charge < -0.3 is 39.8 Å². The number of benzene rings is 4. The lowest BCUT2D eigenvalue weighted by molar-refractivity contribution is -0.133. The molecule has 0 aliphatic heterocycles. The van der Waals surface area contributed by atoms with Crippen LogP contribution in [0.4, 0.5) is 9.59 Å². The molecular weight excluding hydrogens is 596 g/mol. The Morgan fingerprint density at radius 2 is 1.00 bits per heavy atom. The van der Waals surface area contributed by atoms with Crippen LogP contribution in [-0.4, -0.2) is 61.6 Å². The van der Waals surface area contributed by atoms with E-state index in [9.17, 15) is 19.2 Å². The van der Waals surface area contributed by atoms with Crippen LogP contribution in [0.25, 0.3) is 32.7 Å². The van der Waals surface area contributed by atoms with Crippen molar-refractivity contribution in [1.82, 2.24) is 10.6 Å². The van der Waals surface area contributed by atoms with Gasteiger partial charge in [0.1, 0.15) is 23.0 Å². The van der Waals surface area contributed by atoms with Gasteiger partial charge in [0.25, 0.3) is 0 Å². The summed E-state index contributed by atoms with van der Waals surface area (Å²) in [5, 5.41) is 25.9. The minimum Gasteiger partial charge on any atom is -0.497 e. The fourth-order valence-corrected chi connectivity index (χ4v) is 4.61. The summed E-state index contributed by atoms with van der Waals surface area (Å²) >= 11 is 0. The van der Waals surface area contributed by atoms with Gasteiger partial charge >= 0.3 is 24.1 Å². The maximum absolute atomic E-state index is 13.0. The van der Waals surface area contributed by atoms with E-state index in [1.54, 1.807) is 48.5 Å². The Balaban J connectivity index is 1.85. The van der Waals surface area contributed by atoms with Gasteiger partial charge in [-0.05, 0) is 70.8 Å². The zero-order valence-corrected chi connectivity index (χ0v) is 25.2. The van der Waals surface area contributed by atoms with Crippen LogP contribution in [0.15, 0.2) is 85.0 Å². The number of aliphatic carboxylic acids is 2. The topological polar surface area (TPSA) is 170 Å². The summed E-state index contributed by atoms with van der Waals surface area (Å²) in [6.07, 6.45) is -1.69. The normalized spacial score (nSPS) is 10.6. The van der Waals surface area contributed by atoms with Crippen molar-refractivity contribution in [3.05, 3.63) is 85.0 Å². The van der Waals surface area contributed by atoms with E-state index in [0.717, 1.165) is 10.8 Å². The highest BCUT2D eigenvalue weighted by Gasteiger charge is 2.23. The predicted octanol–water partition coefficient (Wildman–Crippen LogP) is 5.92. The second kappa shape index (κ2) is 14.6. The number of carboxylic acids is 2. The third kappa shape index (κ3) is 7.72. The second-order valence-electron chi connectivity index (χ2n) is 10.0. The van der Waals surface area contributed by atoms with Crippen LogP contribution in [0, 0.1) is 0 Å². The van der Waals surface area contributed by atoms with Gasteiger partial charge in [0.15, 0.2) is 0 Å². The summed E-state index contributed by atoms with van der Waals surface area (Å²) in [7, 11) is 3.03. The van der Waals surface area contributed by atoms with Crippen molar-refractivity contribution in [3.8, 4) is 34.1 Å². The molecule has 0 saturated heterocycles. The van der Waals surface area contributed by atoms with Crippen molar-refractivity contribution in [3.63, 3.8) is 0 Å². The average Bonchev–Trinajstić information content (AvgIpc) is 3.04. The zero-order valence-electron chi connectivity index (χ0n) is 25.2. The quantitative estimate of drug-likeness (QED) is 0.130. The molecule has 238 valence electrons. The number of carbonyl (C=O) groups is 4. The van der Waals surface area contributed by atoms with Crippen LogP contribution in [0.3, 0.4) is 0 Å². The van der Waals surface area contributed by atoms with Crippen molar-refractivity contribution in [2.45, 2.75) is 12.8 Å². The Labute approximate surface area is 263 Å². The molecule has 0 atom stereocenters. The maximum atomic E-state index is 13.0. The first-order valence-electron chi connectivity index (χ1n) is 14.0. The molecule has 0 heterocycles. The third-order valence-corrected chi connectivity index (χ3v) is 7.03. The van der Waals surface area contributed by atoms with Gasteiger partial charge in [-0.3, -0.25) is 0 Å². The molecule has 0 unspecified atom stereocenters. The number of hydrogen-bond donors (Lipinski definition) is 4. The van der Waals surface area contributed by atoms with Crippen molar-refractivity contribution >= 4 is 45.7 Å². The van der Waals surface area contributed by atoms with E-state index in [1.165, 1.54) is 14.2 Å². The van der Waals surface area contributed by atoms with E-state index in [4.69, 9.17) is 29.2 Å². The Hall–Kier alpha value is -6.04. The van der Waals surface area contributed by atoms with Gasteiger partial charge in [0.05, 0.1) is 14.2 Å². The van der Waals surface area contributed by atoms with E-state index in [1.807, 2.05) is 12.1 Å². The van der Waals surface area contributed by atoms with Crippen LogP contribution >= 0.6 is 0 Å². The largest absolute Gasteiger partial charge is 0.497 e. The highest BCUT2D eigenvalue weighted by Crippen LogP contribution is 2.47. The molecule has 0 aromatic heterocycles. The molecule has 12 nitrogen and oxygen atoms in total. The summed E-state index contributed by atoms with van der Waals surface area (Å²) in [6, 6.07) is 17.4. The average molecular weight is 629 g/mol. The third-order valence-electron chi connectivity index (χ3n) is 7.03. The van der Waals surface area contributed by atoms with E-state index < -0.39 is 24.1 Å². The van der Waals surface area contributed by atoms with E-state index in [-0.39, 0.29) is 48.6 Å². The number of methoxy groups -OCH3 is 2. The molecule has 0 aliphatic rings. The lowest BCUT2D eigenvalue weighted by atomic mass is 9.92. The molecule has 12 heteroatoms. The van der Waals surface area contributed by atoms with E-state index in [2.05, 4.69) is 23.8 Å². The molecule has 0 aliphatic carbocycles. The van der Waals surface area contributed by atoms with Crippen LogP contribution in [0.5, 0.6) is 23.0 Å². The zero-order chi connectivity index (χ0) is 33.4. The molecule has 0 saturated carbocycles. The Morgan fingerprint density at radius 1 is 0.630 bits per heavy atom. The number of amides is 2. The standard InChI is InChI=1S/C34H32N2O10/c1-19(31(37)38)13-15-35-33(41)45-27-11-7-21-5-9-23(43-3)17-25(21)29(27)30-26-18-24(44-4)10-6-22(26)8-12-28(30)46-34(42)36-16-14-20(2)32(39)40/h5-12,17-18H,1-2,13-16H2,3-4H3,(H,35,41)(H,36,42)(H,37,38)(H,39,40). The molecule has 0 bridgehead atoms. The van der Waals surface area contributed by atoms with Crippen LogP contribution in [0.1, 0.15) is 12.8 Å². The lowest BCUT2D eigenvalue weighted by Gasteiger charge is -2.19. The van der Waals surface area contributed by atoms with Gasteiger partial charge in [-0.1, -0.05) is 37.4 Å². The van der Waals surface area contributed by atoms with Crippen LogP contribution < -0.4 is 29.6 Å². The monoisotopic (exact) mass is 628 g/mol. The first-order valence-corrected chi connectivity index (χ1v) is 14.0. The first-order chi connectivity index (χ1) is 22.0. The van der Waals surface area contributed by atoms with Crippen molar-refractivity contribution in [2.24, 2.45) is 0 Å². The number of carboxylic acid groups (broad SMARTS) is 2. The maximum Gasteiger partial charge on any atom is 0.412 e. The molecule has 4 aromatic rings. The number of nitrogens with one attached hydrogen (secondary N) is 2. The van der Waals surface area contributed by atoms with Gasteiger partial charge in [-0.2, -0.15) is 0 Å².